The largest absolute Gasteiger partial charge is 0.437 e. The van der Waals surface area contributed by atoms with E-state index in [-0.39, 0.29) is 34.9 Å². The van der Waals surface area contributed by atoms with Gasteiger partial charge in [-0.25, -0.2) is 24.9 Å². The second-order valence-electron chi connectivity index (χ2n) is 22.4. The number of nitrogens with one attached hydrogen (secondary N) is 5. The minimum Gasteiger partial charge on any atom is -0.437 e. The summed E-state index contributed by atoms with van der Waals surface area (Å²) in [4.78, 5) is 71.1. The monoisotopic (exact) mass is 1340 g/mol. The Morgan fingerprint density at radius 2 is 1.45 bits per heavy atom. The molecule has 1 aliphatic heterocycles. The highest BCUT2D eigenvalue weighted by atomic mass is 79.9. The molecular weight excluding hydrogens is 1270 g/mol. The number of hydrogen-bond acceptors (Lipinski definition) is 17. The van der Waals surface area contributed by atoms with Crippen molar-refractivity contribution in [2.24, 2.45) is 7.05 Å². The van der Waals surface area contributed by atoms with Crippen molar-refractivity contribution in [3.63, 3.8) is 0 Å². The van der Waals surface area contributed by atoms with Gasteiger partial charge >= 0.3 is 0 Å². The molecule has 1 aliphatic rings. The third-order valence-corrected chi connectivity index (χ3v) is 15.9. The highest BCUT2D eigenvalue weighted by molar-refractivity contribution is 9.10. The second-order valence-corrected chi connectivity index (χ2v) is 23.8. The SMILES string of the molecule is C=CC(=O)Nc1cc(Nc2nccc(-c3cn(C)c4ccccc34)n2)c(C)cc1N(C)CCN(C)C.C=CC(=O)Nc1cccc(Oc2nc(Nc3ccc(N4CCN(C)CC4)cc3C)ncc2Cl)c1.CC#CC(=O)Cc1ccc2ncnc(Nc3cccc(Br)c3)c2c1. The van der Waals surface area contributed by atoms with Gasteiger partial charge in [-0.05, 0) is 162 Å². The normalized spacial score (nSPS) is 11.8. The number of aromatic nitrogens is 7. The molecule has 10 aromatic rings. The molecule has 480 valence electrons. The van der Waals surface area contributed by atoms with E-state index in [2.05, 4.69) is 167 Å². The summed E-state index contributed by atoms with van der Waals surface area (Å²) in [6.45, 7) is 18.6. The maximum absolute atomic E-state index is 12.2. The fraction of sp³-hybridized carbons (Fsp3) is 0.208. The van der Waals surface area contributed by atoms with E-state index in [0.29, 0.717) is 34.8 Å². The van der Waals surface area contributed by atoms with E-state index < -0.39 is 0 Å². The average molecular weight is 1340 g/mol. The number of rotatable bonds is 20. The van der Waals surface area contributed by atoms with E-state index >= 15 is 0 Å². The molecule has 5 N–H and O–H groups in total. The van der Waals surface area contributed by atoms with Gasteiger partial charge < -0.3 is 55.5 Å². The summed E-state index contributed by atoms with van der Waals surface area (Å²) in [7, 11) is 10.3. The van der Waals surface area contributed by atoms with Gasteiger partial charge in [0.25, 0.3) is 0 Å². The zero-order valence-electron chi connectivity index (χ0n) is 53.8. The van der Waals surface area contributed by atoms with Crippen LogP contribution in [0.2, 0.25) is 5.02 Å². The smallest absolute Gasteiger partial charge is 0.247 e. The number of hydrogen-bond donors (Lipinski definition) is 5. The Morgan fingerprint density at radius 3 is 2.20 bits per heavy atom. The number of carbonyl (C=O) groups is 3. The number of amides is 2. The molecule has 2 amide bonds. The van der Waals surface area contributed by atoms with Gasteiger partial charge in [0.1, 0.15) is 22.9 Å². The molecule has 0 radical (unpaired) electrons. The lowest BCUT2D eigenvalue weighted by Gasteiger charge is -2.34. The number of para-hydroxylation sites is 1. The number of ether oxygens (including phenoxy) is 1. The van der Waals surface area contributed by atoms with E-state index in [1.54, 1.807) is 37.4 Å². The number of likely N-dealkylation sites (N-methyl/N-ethyl adjacent to an activating group) is 3. The molecule has 5 heterocycles. The molecule has 0 bridgehead atoms. The van der Waals surface area contributed by atoms with Crippen LogP contribution < -0.4 is 41.1 Å². The Balaban J connectivity index is 0.000000169. The number of anilines is 10. The lowest BCUT2D eigenvalue weighted by atomic mass is 10.1. The third-order valence-electron chi connectivity index (χ3n) is 15.1. The van der Waals surface area contributed by atoms with Crippen LogP contribution in [0, 0.1) is 25.7 Å². The quantitative estimate of drug-likeness (QED) is 0.0272. The molecule has 0 aliphatic carbocycles. The predicted molar refractivity (Wildman–Crippen MR) is 385 cm³/mol. The second kappa shape index (κ2) is 32.2. The highest BCUT2D eigenvalue weighted by Crippen LogP contribution is 2.36. The third kappa shape index (κ3) is 18.4. The van der Waals surface area contributed by atoms with Crippen molar-refractivity contribution in [1.82, 2.24) is 44.3 Å². The van der Waals surface area contributed by atoms with E-state index in [4.69, 9.17) is 21.3 Å². The average Bonchev–Trinajstić information content (AvgIpc) is 1.48. The molecule has 0 saturated carbocycles. The van der Waals surface area contributed by atoms with Crippen LogP contribution in [0.3, 0.4) is 0 Å². The summed E-state index contributed by atoms with van der Waals surface area (Å²) < 4.78 is 8.95. The van der Waals surface area contributed by atoms with Crippen molar-refractivity contribution < 1.29 is 19.1 Å². The van der Waals surface area contributed by atoms with Crippen molar-refractivity contribution >= 4 is 124 Å². The first kappa shape index (κ1) is 67.9. The molecule has 6 aromatic carbocycles. The van der Waals surface area contributed by atoms with Crippen LogP contribution in [0.5, 0.6) is 11.6 Å². The molecule has 94 heavy (non-hydrogen) atoms. The molecule has 11 rings (SSSR count). The van der Waals surface area contributed by atoms with Gasteiger partial charge in [0.15, 0.2) is 0 Å². The molecular formula is C72H74BrClN16O4. The number of Topliss-reactive ketones (excluding diaryl/α,β-unsaturated/α-hetero) is 1. The van der Waals surface area contributed by atoms with Gasteiger partial charge in [-0.3, -0.25) is 14.4 Å². The lowest BCUT2D eigenvalue weighted by molar-refractivity contribution is -0.113. The van der Waals surface area contributed by atoms with E-state index in [1.807, 2.05) is 108 Å². The molecule has 0 spiro atoms. The van der Waals surface area contributed by atoms with E-state index in [1.165, 1.54) is 30.4 Å². The first-order chi connectivity index (χ1) is 45.3. The van der Waals surface area contributed by atoms with Crippen molar-refractivity contribution in [3.05, 3.63) is 204 Å². The van der Waals surface area contributed by atoms with Crippen molar-refractivity contribution in [2.75, 3.05) is 104 Å². The Morgan fingerprint density at radius 1 is 0.713 bits per heavy atom. The maximum Gasteiger partial charge on any atom is 0.247 e. The van der Waals surface area contributed by atoms with Crippen molar-refractivity contribution in [2.45, 2.75) is 27.2 Å². The number of piperazine rings is 1. The zero-order chi connectivity index (χ0) is 66.8. The van der Waals surface area contributed by atoms with Gasteiger partial charge in [0.05, 0.1) is 28.8 Å². The van der Waals surface area contributed by atoms with Crippen LogP contribution in [0.1, 0.15) is 23.6 Å². The number of fused-ring (bicyclic) bond motifs is 2. The first-order valence-corrected chi connectivity index (χ1v) is 31.4. The summed E-state index contributed by atoms with van der Waals surface area (Å²) in [5.41, 5.74) is 12.9. The van der Waals surface area contributed by atoms with Crippen LogP contribution in [0.15, 0.2) is 182 Å². The zero-order valence-corrected chi connectivity index (χ0v) is 56.1. The standard InChI is InChI=1S/C28H33N7O.C25H27ClN6O2.C19H14BrN3O/c1-7-27(36)30-24-17-23(19(2)16-26(24)34(5)15-14-33(3)4)32-28-29-13-12-22(31-28)21-18-35(6)25-11-9-8-10-20(21)25;1-4-23(33)28-18-6-5-7-20(15-18)34-24-21(26)16-27-25(30-24)29-22-9-8-19(14-17(22)2)32-12-10-31(3)11-13-32;1-2-4-16(24)9-13-7-8-18-17(10-13)19(22-12-21-18)23-15-6-3-5-14(20)11-15/h7-13,16-18H,1,14-15H2,2-6H3,(H,30,36)(H,29,31,32);4-9,14-16H,1,10-13H2,2-3H3,(H,28,33)(H,27,29,30);3,5-8,10-12H,9H2,1H3,(H,21,22,23). The number of halogens is 2. The van der Waals surface area contributed by atoms with Crippen molar-refractivity contribution in [1.29, 1.82) is 0 Å². The summed E-state index contributed by atoms with van der Waals surface area (Å²) in [5.74, 6) is 6.76. The number of ketones is 1. The lowest BCUT2D eigenvalue weighted by Crippen LogP contribution is -2.44. The van der Waals surface area contributed by atoms with Gasteiger partial charge in [-0.1, -0.05) is 83.0 Å². The van der Waals surface area contributed by atoms with Gasteiger partial charge in [0.2, 0.25) is 35.4 Å². The molecule has 1 saturated heterocycles. The predicted octanol–water partition coefficient (Wildman–Crippen LogP) is 13.9. The van der Waals surface area contributed by atoms with E-state index in [0.717, 1.165) is 116 Å². The number of benzene rings is 6. The maximum atomic E-state index is 12.2. The highest BCUT2D eigenvalue weighted by Gasteiger charge is 2.19. The number of aryl methyl sites for hydroxylation is 3. The first-order valence-electron chi connectivity index (χ1n) is 30.2. The Labute approximate surface area is 561 Å². The Hall–Kier alpha value is -10.5. The molecule has 1 fully saturated rings. The number of carbonyl (C=O) groups excluding carboxylic acids is 3. The minimum atomic E-state index is -0.308. The Bertz CT molecular complexity index is 4460. The molecule has 0 unspecified atom stereocenters. The van der Waals surface area contributed by atoms with Crippen LogP contribution >= 0.6 is 27.5 Å². The van der Waals surface area contributed by atoms with Crippen LogP contribution in [0.4, 0.5) is 57.5 Å². The van der Waals surface area contributed by atoms with E-state index in [9.17, 15) is 14.4 Å². The summed E-state index contributed by atoms with van der Waals surface area (Å²) in [6, 6.07) is 41.0. The molecule has 22 heteroatoms. The molecule has 0 atom stereocenters. The van der Waals surface area contributed by atoms with Crippen molar-refractivity contribution in [3.8, 4) is 34.7 Å². The van der Waals surface area contributed by atoms with Gasteiger partial charge in [-0.2, -0.15) is 4.98 Å². The van der Waals surface area contributed by atoms with Crippen LogP contribution in [0.25, 0.3) is 33.1 Å². The van der Waals surface area contributed by atoms with Gasteiger partial charge in [0, 0.05) is 133 Å². The molecule has 4 aromatic heterocycles. The molecule has 20 nitrogen and oxygen atoms in total. The van der Waals surface area contributed by atoms with Gasteiger partial charge in [-0.15, -0.1) is 0 Å². The Kier molecular flexibility index (Phi) is 23.2. The summed E-state index contributed by atoms with van der Waals surface area (Å²) in [5, 5.41) is 17.8. The summed E-state index contributed by atoms with van der Waals surface area (Å²) in [6.07, 6.45) is 9.61. The fourth-order valence-corrected chi connectivity index (χ4v) is 10.6. The van der Waals surface area contributed by atoms with Crippen LogP contribution in [-0.2, 0) is 27.9 Å². The number of nitrogens with zero attached hydrogens (tertiary/aromatic N) is 11. The topological polar surface area (TPSA) is 216 Å². The van der Waals surface area contributed by atoms with Crippen LogP contribution in [-0.4, -0.2) is 129 Å². The fourth-order valence-electron chi connectivity index (χ4n) is 10.1. The summed E-state index contributed by atoms with van der Waals surface area (Å²) >= 11 is 9.73. The minimum absolute atomic E-state index is 0.102.